The van der Waals surface area contributed by atoms with Gasteiger partial charge in [0.1, 0.15) is 5.69 Å². The summed E-state index contributed by atoms with van der Waals surface area (Å²) in [7, 11) is 0. The summed E-state index contributed by atoms with van der Waals surface area (Å²) in [6.07, 6.45) is 2.51. The molecule has 0 aromatic carbocycles. The first-order valence-corrected chi connectivity index (χ1v) is 4.82. The minimum absolute atomic E-state index is 0.0179. The van der Waals surface area contributed by atoms with Gasteiger partial charge >= 0.3 is 0 Å². The summed E-state index contributed by atoms with van der Waals surface area (Å²) >= 11 is 0. The van der Waals surface area contributed by atoms with Crippen molar-refractivity contribution in [2.75, 3.05) is 13.2 Å². The molecular formula is C11H13NO2. The Bertz CT molecular complexity index is 343. The lowest BCUT2D eigenvalue weighted by molar-refractivity contribution is 0.0895. The Balaban J connectivity index is 2.17. The van der Waals surface area contributed by atoms with Crippen LogP contribution in [0, 0.1) is 12.8 Å². The molecule has 2 heterocycles. The van der Waals surface area contributed by atoms with Gasteiger partial charge < -0.3 is 4.74 Å². The lowest BCUT2D eigenvalue weighted by Gasteiger charge is -2.05. The van der Waals surface area contributed by atoms with E-state index >= 15 is 0 Å². The van der Waals surface area contributed by atoms with Crippen LogP contribution in [0.1, 0.15) is 22.5 Å². The normalized spacial score (nSPS) is 21.1. The first-order valence-electron chi connectivity index (χ1n) is 4.82. The topological polar surface area (TPSA) is 39.2 Å². The van der Waals surface area contributed by atoms with E-state index in [1.807, 2.05) is 19.1 Å². The molecule has 0 N–H and O–H groups in total. The van der Waals surface area contributed by atoms with Crippen LogP contribution in [0.15, 0.2) is 18.3 Å². The molecule has 74 valence electrons. The zero-order valence-corrected chi connectivity index (χ0v) is 8.19. The van der Waals surface area contributed by atoms with E-state index < -0.39 is 0 Å². The highest BCUT2D eigenvalue weighted by molar-refractivity contribution is 5.96. The van der Waals surface area contributed by atoms with Crippen molar-refractivity contribution in [3.63, 3.8) is 0 Å². The second-order valence-corrected chi connectivity index (χ2v) is 3.64. The molecule has 2 rings (SSSR count). The van der Waals surface area contributed by atoms with Gasteiger partial charge in [0.2, 0.25) is 0 Å². The first kappa shape index (κ1) is 9.34. The van der Waals surface area contributed by atoms with Crippen molar-refractivity contribution in [2.45, 2.75) is 13.3 Å². The molecule has 3 nitrogen and oxygen atoms in total. The standard InChI is InChI=1S/C11H13NO2/c1-8-2-4-12-10(6-8)11(13)9-3-5-14-7-9/h2,4,6,9H,3,5,7H2,1H3. The lowest BCUT2D eigenvalue weighted by atomic mass is 10.00. The third kappa shape index (κ3) is 1.82. The highest BCUT2D eigenvalue weighted by atomic mass is 16.5. The fourth-order valence-corrected chi connectivity index (χ4v) is 1.62. The molecule has 1 aliphatic rings. The van der Waals surface area contributed by atoms with E-state index in [0.29, 0.717) is 18.9 Å². The van der Waals surface area contributed by atoms with E-state index in [0.717, 1.165) is 12.0 Å². The summed E-state index contributed by atoms with van der Waals surface area (Å²) in [6.45, 7) is 3.21. The quantitative estimate of drug-likeness (QED) is 0.667. The van der Waals surface area contributed by atoms with Gasteiger partial charge in [-0.05, 0) is 31.0 Å². The Kier molecular flexibility index (Phi) is 2.59. The second kappa shape index (κ2) is 3.88. The number of aryl methyl sites for hydroxylation is 1. The number of rotatable bonds is 2. The van der Waals surface area contributed by atoms with Gasteiger partial charge in [0.05, 0.1) is 6.61 Å². The molecule has 14 heavy (non-hydrogen) atoms. The van der Waals surface area contributed by atoms with E-state index in [4.69, 9.17) is 4.74 Å². The summed E-state index contributed by atoms with van der Waals surface area (Å²) in [5, 5.41) is 0. The maximum Gasteiger partial charge on any atom is 0.186 e. The maximum absolute atomic E-state index is 11.9. The van der Waals surface area contributed by atoms with Crippen LogP contribution in [0.3, 0.4) is 0 Å². The van der Waals surface area contributed by atoms with Gasteiger partial charge in [-0.15, -0.1) is 0 Å². The molecule has 1 aliphatic heterocycles. The van der Waals surface area contributed by atoms with E-state index in [9.17, 15) is 4.79 Å². The van der Waals surface area contributed by atoms with Gasteiger partial charge in [-0.3, -0.25) is 9.78 Å². The van der Waals surface area contributed by atoms with Gasteiger partial charge in [0.15, 0.2) is 5.78 Å². The monoisotopic (exact) mass is 191 g/mol. The van der Waals surface area contributed by atoms with Crippen molar-refractivity contribution in [3.05, 3.63) is 29.6 Å². The summed E-state index contributed by atoms with van der Waals surface area (Å²) in [6, 6.07) is 3.72. The van der Waals surface area contributed by atoms with Crippen molar-refractivity contribution in [1.82, 2.24) is 4.98 Å². The molecule has 1 saturated heterocycles. The summed E-state index contributed by atoms with van der Waals surface area (Å²) in [5.41, 5.74) is 1.64. The number of carbonyl (C=O) groups is 1. The predicted molar refractivity (Wildman–Crippen MR) is 52.2 cm³/mol. The molecule has 1 atom stereocenters. The summed E-state index contributed by atoms with van der Waals surface area (Å²) in [5.74, 6) is 0.135. The van der Waals surface area contributed by atoms with Crippen LogP contribution >= 0.6 is 0 Å². The van der Waals surface area contributed by atoms with Gasteiger partial charge in [-0.1, -0.05) is 0 Å². The third-order valence-electron chi connectivity index (χ3n) is 2.47. The van der Waals surface area contributed by atoms with E-state index in [2.05, 4.69) is 4.98 Å². The van der Waals surface area contributed by atoms with Crippen LogP contribution in [0.5, 0.6) is 0 Å². The van der Waals surface area contributed by atoms with Crippen LogP contribution < -0.4 is 0 Å². The van der Waals surface area contributed by atoms with Crippen LogP contribution in [0.4, 0.5) is 0 Å². The average molecular weight is 191 g/mol. The van der Waals surface area contributed by atoms with Crippen molar-refractivity contribution in [2.24, 2.45) is 5.92 Å². The van der Waals surface area contributed by atoms with Gasteiger partial charge in [0, 0.05) is 18.7 Å². The third-order valence-corrected chi connectivity index (χ3v) is 2.47. The molecule has 1 unspecified atom stereocenters. The summed E-state index contributed by atoms with van der Waals surface area (Å²) in [4.78, 5) is 15.9. The highest BCUT2D eigenvalue weighted by Crippen LogP contribution is 2.17. The zero-order chi connectivity index (χ0) is 9.97. The number of hydrogen-bond acceptors (Lipinski definition) is 3. The Hall–Kier alpha value is -1.22. The molecule has 0 aliphatic carbocycles. The maximum atomic E-state index is 11.9. The van der Waals surface area contributed by atoms with Crippen molar-refractivity contribution in [3.8, 4) is 0 Å². The summed E-state index contributed by atoms with van der Waals surface area (Å²) < 4.78 is 5.18. The number of hydrogen-bond donors (Lipinski definition) is 0. The molecule has 1 fully saturated rings. The van der Waals surface area contributed by atoms with E-state index in [-0.39, 0.29) is 11.7 Å². The number of ketones is 1. The Labute approximate surface area is 83.1 Å². The van der Waals surface area contributed by atoms with Gasteiger partial charge in [0.25, 0.3) is 0 Å². The number of Topliss-reactive ketones (excluding diaryl/α,β-unsaturated/α-hetero) is 1. The highest BCUT2D eigenvalue weighted by Gasteiger charge is 2.25. The SMILES string of the molecule is Cc1ccnc(C(=O)C2CCOC2)c1. The molecule has 1 aromatic heterocycles. The molecule has 0 spiro atoms. The smallest absolute Gasteiger partial charge is 0.186 e. The number of ether oxygens (including phenoxy) is 1. The number of pyridine rings is 1. The first-order chi connectivity index (χ1) is 6.77. The molecular weight excluding hydrogens is 178 g/mol. The van der Waals surface area contributed by atoms with E-state index in [1.165, 1.54) is 0 Å². The van der Waals surface area contributed by atoms with Crippen LogP contribution in [0.25, 0.3) is 0 Å². The number of carbonyl (C=O) groups excluding carboxylic acids is 1. The zero-order valence-electron chi connectivity index (χ0n) is 8.19. The second-order valence-electron chi connectivity index (χ2n) is 3.64. The molecule has 1 aromatic rings. The Morgan fingerprint density at radius 2 is 2.50 bits per heavy atom. The van der Waals surface area contributed by atoms with Gasteiger partial charge in [-0.2, -0.15) is 0 Å². The number of aromatic nitrogens is 1. The fourth-order valence-electron chi connectivity index (χ4n) is 1.62. The molecule has 0 radical (unpaired) electrons. The molecule has 0 bridgehead atoms. The molecule has 3 heteroatoms. The predicted octanol–water partition coefficient (Wildman–Crippen LogP) is 1.61. The van der Waals surface area contributed by atoms with Crippen LogP contribution in [-0.4, -0.2) is 24.0 Å². The lowest BCUT2D eigenvalue weighted by Crippen LogP contribution is -2.15. The van der Waals surface area contributed by atoms with Crippen LogP contribution in [-0.2, 0) is 4.74 Å². The van der Waals surface area contributed by atoms with Crippen molar-refractivity contribution in [1.29, 1.82) is 0 Å². The fraction of sp³-hybridized carbons (Fsp3) is 0.455. The Morgan fingerprint density at radius 3 is 3.14 bits per heavy atom. The average Bonchev–Trinajstić information content (AvgIpc) is 2.69. The van der Waals surface area contributed by atoms with Gasteiger partial charge in [-0.25, -0.2) is 0 Å². The Morgan fingerprint density at radius 1 is 1.64 bits per heavy atom. The minimum Gasteiger partial charge on any atom is -0.381 e. The van der Waals surface area contributed by atoms with E-state index in [1.54, 1.807) is 6.20 Å². The number of nitrogens with zero attached hydrogens (tertiary/aromatic N) is 1. The van der Waals surface area contributed by atoms with Crippen molar-refractivity contribution >= 4 is 5.78 Å². The molecule has 0 amide bonds. The minimum atomic E-state index is 0.0179. The molecule has 0 saturated carbocycles. The van der Waals surface area contributed by atoms with Crippen LogP contribution in [0.2, 0.25) is 0 Å². The van der Waals surface area contributed by atoms with Crippen molar-refractivity contribution < 1.29 is 9.53 Å². The largest absolute Gasteiger partial charge is 0.381 e.